The minimum absolute atomic E-state index is 0.0829. The Morgan fingerprint density at radius 2 is 2.00 bits per heavy atom. The van der Waals surface area contributed by atoms with E-state index in [2.05, 4.69) is 0 Å². The van der Waals surface area contributed by atoms with E-state index in [9.17, 15) is 8.42 Å². The first-order valence-electron chi connectivity index (χ1n) is 5.63. The highest BCUT2D eigenvalue weighted by Gasteiger charge is 2.33. The van der Waals surface area contributed by atoms with Gasteiger partial charge < -0.3 is 9.84 Å². The molecule has 1 aliphatic heterocycles. The van der Waals surface area contributed by atoms with Gasteiger partial charge in [-0.15, -0.1) is 0 Å². The highest BCUT2D eigenvalue weighted by Crippen LogP contribution is 2.32. The van der Waals surface area contributed by atoms with Crippen molar-refractivity contribution < 1.29 is 18.3 Å². The maximum absolute atomic E-state index is 12.5. The zero-order valence-corrected chi connectivity index (χ0v) is 12.2. The van der Waals surface area contributed by atoms with Gasteiger partial charge in [-0.3, -0.25) is 0 Å². The predicted molar refractivity (Wildman–Crippen MR) is 72.0 cm³/mol. The highest BCUT2D eigenvalue weighted by atomic mass is 35.5. The number of rotatable bonds is 3. The number of benzene rings is 1. The molecule has 1 atom stereocenters. The minimum Gasteiger partial charge on any atom is -0.394 e. The Balaban J connectivity index is 2.37. The van der Waals surface area contributed by atoms with Crippen molar-refractivity contribution in [1.29, 1.82) is 0 Å². The first kappa shape index (κ1) is 15.0. The standard InChI is InChI=1S/C11H13Cl2NO4S/c12-9-2-1-3-10(13)11(9)19(16,17)14-4-5-18-8(6-14)7-15/h1-3,8,15H,4-7H2. The Morgan fingerprint density at radius 3 is 2.58 bits per heavy atom. The Bertz CT molecular complexity index is 544. The van der Waals surface area contributed by atoms with Crippen molar-refractivity contribution in [3.8, 4) is 0 Å². The van der Waals surface area contributed by atoms with E-state index in [0.717, 1.165) is 0 Å². The van der Waals surface area contributed by atoms with Gasteiger partial charge in [-0.1, -0.05) is 29.3 Å². The number of hydrogen-bond donors (Lipinski definition) is 1. The molecule has 1 unspecified atom stereocenters. The van der Waals surface area contributed by atoms with Crippen LogP contribution in [0, 0.1) is 0 Å². The second kappa shape index (κ2) is 5.95. The summed E-state index contributed by atoms with van der Waals surface area (Å²) in [6, 6.07) is 4.54. The van der Waals surface area contributed by atoms with Gasteiger partial charge in [-0.2, -0.15) is 4.31 Å². The lowest BCUT2D eigenvalue weighted by molar-refractivity contribution is -0.0304. The molecule has 1 N–H and O–H groups in total. The SMILES string of the molecule is O=S(=O)(c1c(Cl)cccc1Cl)N1CCOC(CO)C1. The summed E-state index contributed by atoms with van der Waals surface area (Å²) in [5.74, 6) is 0. The first-order valence-corrected chi connectivity index (χ1v) is 7.83. The van der Waals surface area contributed by atoms with Gasteiger partial charge in [0.25, 0.3) is 0 Å². The maximum Gasteiger partial charge on any atom is 0.246 e. The molecule has 106 valence electrons. The van der Waals surface area contributed by atoms with Gasteiger partial charge in [0.05, 0.1) is 29.4 Å². The summed E-state index contributed by atoms with van der Waals surface area (Å²) in [6.07, 6.45) is -0.523. The van der Waals surface area contributed by atoms with E-state index < -0.39 is 16.1 Å². The largest absolute Gasteiger partial charge is 0.394 e. The van der Waals surface area contributed by atoms with Crippen LogP contribution in [0.25, 0.3) is 0 Å². The summed E-state index contributed by atoms with van der Waals surface area (Å²) in [5.41, 5.74) is 0. The third-order valence-electron chi connectivity index (χ3n) is 2.82. The molecule has 0 bridgehead atoms. The van der Waals surface area contributed by atoms with E-state index in [0.29, 0.717) is 0 Å². The van der Waals surface area contributed by atoms with Crippen molar-refractivity contribution in [2.45, 2.75) is 11.0 Å². The number of ether oxygens (including phenoxy) is 1. The molecule has 0 aliphatic carbocycles. The number of nitrogens with zero attached hydrogens (tertiary/aromatic N) is 1. The highest BCUT2D eigenvalue weighted by molar-refractivity contribution is 7.89. The molecule has 0 aromatic heterocycles. The minimum atomic E-state index is -3.79. The van der Waals surface area contributed by atoms with Crippen LogP contribution in [0.3, 0.4) is 0 Å². The van der Waals surface area contributed by atoms with E-state index in [1.165, 1.54) is 16.4 Å². The van der Waals surface area contributed by atoms with Crippen molar-refractivity contribution >= 4 is 33.2 Å². The molecule has 1 aliphatic rings. The van der Waals surface area contributed by atoms with Gasteiger partial charge in [-0.25, -0.2) is 8.42 Å². The molecule has 0 radical (unpaired) electrons. The van der Waals surface area contributed by atoms with Crippen LogP contribution in [0.15, 0.2) is 23.1 Å². The van der Waals surface area contributed by atoms with Crippen molar-refractivity contribution in [2.24, 2.45) is 0 Å². The normalized spacial score (nSPS) is 21.5. The van der Waals surface area contributed by atoms with Crippen LogP contribution >= 0.6 is 23.2 Å². The molecule has 1 aromatic carbocycles. The lowest BCUT2D eigenvalue weighted by Crippen LogP contribution is -2.46. The molecule has 5 nitrogen and oxygen atoms in total. The lowest BCUT2D eigenvalue weighted by atomic mass is 10.3. The van der Waals surface area contributed by atoms with Crippen LogP contribution < -0.4 is 0 Å². The molecule has 1 aromatic rings. The zero-order valence-electron chi connectivity index (χ0n) is 9.92. The molecule has 0 spiro atoms. The van der Waals surface area contributed by atoms with Crippen molar-refractivity contribution in [1.82, 2.24) is 4.31 Å². The zero-order chi connectivity index (χ0) is 14.0. The maximum atomic E-state index is 12.5. The third-order valence-corrected chi connectivity index (χ3v) is 5.64. The van der Waals surface area contributed by atoms with E-state index in [-0.39, 0.29) is 41.2 Å². The van der Waals surface area contributed by atoms with Gasteiger partial charge in [-0.05, 0) is 12.1 Å². The number of sulfonamides is 1. The molecule has 8 heteroatoms. The summed E-state index contributed by atoms with van der Waals surface area (Å²) in [6.45, 7) is 0.287. The van der Waals surface area contributed by atoms with Crippen LogP contribution in [0.5, 0.6) is 0 Å². The van der Waals surface area contributed by atoms with Crippen LogP contribution in [-0.2, 0) is 14.8 Å². The fourth-order valence-electron chi connectivity index (χ4n) is 1.88. The van der Waals surface area contributed by atoms with Gasteiger partial charge >= 0.3 is 0 Å². The van der Waals surface area contributed by atoms with E-state index in [1.54, 1.807) is 6.07 Å². The summed E-state index contributed by atoms with van der Waals surface area (Å²) in [7, 11) is -3.79. The quantitative estimate of drug-likeness (QED) is 0.911. The molecule has 0 saturated carbocycles. The number of hydrogen-bond acceptors (Lipinski definition) is 4. The number of halogens is 2. The molecule has 1 heterocycles. The fourth-order valence-corrected chi connectivity index (χ4v) is 4.43. The van der Waals surface area contributed by atoms with Gasteiger partial charge in [0.2, 0.25) is 10.0 Å². The summed E-state index contributed by atoms with van der Waals surface area (Å²) < 4.78 is 31.5. The Hall–Kier alpha value is -0.370. The summed E-state index contributed by atoms with van der Waals surface area (Å²) in [5, 5.41) is 9.22. The number of morpholine rings is 1. The topological polar surface area (TPSA) is 66.8 Å². The van der Waals surface area contributed by atoms with E-state index in [1.807, 2.05) is 0 Å². The lowest BCUT2D eigenvalue weighted by Gasteiger charge is -2.31. The van der Waals surface area contributed by atoms with E-state index in [4.69, 9.17) is 33.0 Å². The van der Waals surface area contributed by atoms with Crippen LogP contribution in [-0.4, -0.2) is 50.2 Å². The van der Waals surface area contributed by atoms with Crippen molar-refractivity contribution in [3.05, 3.63) is 28.2 Å². The molecule has 1 fully saturated rings. The summed E-state index contributed by atoms with van der Waals surface area (Å²) in [4.78, 5) is -0.100. The predicted octanol–water partition coefficient (Wildman–Crippen LogP) is 1.38. The fraction of sp³-hybridized carbons (Fsp3) is 0.455. The number of aliphatic hydroxyl groups is 1. The molecule has 19 heavy (non-hydrogen) atoms. The van der Waals surface area contributed by atoms with Crippen LogP contribution in [0.4, 0.5) is 0 Å². The second-order valence-corrected chi connectivity index (χ2v) is 6.78. The molecular formula is C11H13Cl2NO4S. The van der Waals surface area contributed by atoms with Gasteiger partial charge in [0.1, 0.15) is 4.90 Å². The Kier molecular flexibility index (Phi) is 4.70. The molecular weight excluding hydrogens is 313 g/mol. The Morgan fingerprint density at radius 1 is 1.37 bits per heavy atom. The summed E-state index contributed by atoms with van der Waals surface area (Å²) >= 11 is 11.9. The number of aliphatic hydroxyl groups excluding tert-OH is 1. The van der Waals surface area contributed by atoms with E-state index >= 15 is 0 Å². The average Bonchev–Trinajstić information content (AvgIpc) is 2.38. The second-order valence-electron chi connectivity index (χ2n) is 4.09. The Labute approximate surface area is 121 Å². The molecule has 1 saturated heterocycles. The van der Waals surface area contributed by atoms with Crippen LogP contribution in [0.2, 0.25) is 10.0 Å². The van der Waals surface area contributed by atoms with Gasteiger partial charge in [0.15, 0.2) is 0 Å². The third kappa shape index (κ3) is 3.04. The first-order chi connectivity index (χ1) is 8.96. The smallest absolute Gasteiger partial charge is 0.246 e. The van der Waals surface area contributed by atoms with Gasteiger partial charge in [0, 0.05) is 13.1 Å². The van der Waals surface area contributed by atoms with Crippen molar-refractivity contribution in [2.75, 3.05) is 26.3 Å². The van der Waals surface area contributed by atoms with Crippen molar-refractivity contribution in [3.63, 3.8) is 0 Å². The molecule has 2 rings (SSSR count). The molecule has 0 amide bonds. The monoisotopic (exact) mass is 325 g/mol. The van der Waals surface area contributed by atoms with Crippen LogP contribution in [0.1, 0.15) is 0 Å². The average molecular weight is 326 g/mol.